The molecule has 1 rings (SSSR count). The van der Waals surface area contributed by atoms with Gasteiger partial charge in [-0.2, -0.15) is 8.42 Å². The summed E-state index contributed by atoms with van der Waals surface area (Å²) >= 11 is 0. The summed E-state index contributed by atoms with van der Waals surface area (Å²) in [6, 6.07) is 6.34. The van der Waals surface area contributed by atoms with Gasteiger partial charge in [0, 0.05) is 4.90 Å². The molecule has 0 saturated heterocycles. The molecule has 0 saturated carbocycles. The molecule has 86 valence electrons. The van der Waals surface area contributed by atoms with Crippen molar-refractivity contribution in [3.05, 3.63) is 24.3 Å². The summed E-state index contributed by atoms with van der Waals surface area (Å²) in [5, 5.41) is 9.11. The van der Waals surface area contributed by atoms with Crippen molar-refractivity contribution in [3.63, 3.8) is 0 Å². The molecule has 1 N–H and O–H groups in total. The lowest BCUT2D eigenvalue weighted by Gasteiger charge is -2.29. The van der Waals surface area contributed by atoms with E-state index in [0.717, 1.165) is 11.2 Å². The molecule has 0 amide bonds. The van der Waals surface area contributed by atoms with E-state index in [4.69, 9.17) is 8.74 Å². The zero-order valence-corrected chi connectivity index (χ0v) is 10.4. The van der Waals surface area contributed by atoms with Gasteiger partial charge in [0.2, 0.25) is 0 Å². The molecule has 4 nitrogen and oxygen atoms in total. The Bertz CT molecular complexity index is 434. The molecule has 1 aromatic carbocycles. The van der Waals surface area contributed by atoms with Crippen molar-refractivity contribution >= 4 is 20.4 Å². The Balaban J connectivity index is 3.00. The zero-order chi connectivity index (χ0) is 11.7. The van der Waals surface area contributed by atoms with E-state index in [-0.39, 0.29) is 5.75 Å². The second kappa shape index (κ2) is 4.03. The molecule has 15 heavy (non-hydrogen) atoms. The number of phenols is 1. The molecule has 0 aliphatic rings. The van der Waals surface area contributed by atoms with Crippen molar-refractivity contribution in [1.29, 1.82) is 0 Å². The molecule has 0 aliphatic carbocycles. The lowest BCUT2D eigenvalue weighted by Crippen LogP contribution is -2.08. The van der Waals surface area contributed by atoms with Gasteiger partial charge >= 0.3 is 0 Å². The summed E-state index contributed by atoms with van der Waals surface area (Å²) in [4.78, 5) is 0.769. The van der Waals surface area contributed by atoms with Crippen LogP contribution in [0.15, 0.2) is 29.2 Å². The molecule has 0 fully saturated rings. The van der Waals surface area contributed by atoms with Crippen LogP contribution in [-0.2, 0) is 13.7 Å². The number of hydrogen-bond acceptors (Lipinski definition) is 4. The number of aromatic hydroxyl groups is 1. The summed E-state index contributed by atoms with van der Waals surface area (Å²) in [6.07, 6.45) is 4.50. The van der Waals surface area contributed by atoms with Gasteiger partial charge in [0.1, 0.15) is 5.75 Å². The first-order valence-corrected chi connectivity index (χ1v) is 8.33. The van der Waals surface area contributed by atoms with E-state index in [9.17, 15) is 8.42 Å². The Morgan fingerprint density at radius 1 is 1.07 bits per heavy atom. The Morgan fingerprint density at radius 2 is 1.53 bits per heavy atom. The third-order valence-corrected chi connectivity index (χ3v) is 5.46. The van der Waals surface area contributed by atoms with Gasteiger partial charge in [-0.15, -0.1) is 0 Å². The van der Waals surface area contributed by atoms with Gasteiger partial charge in [-0.1, -0.05) is 10.3 Å². The van der Waals surface area contributed by atoms with Crippen LogP contribution in [-0.4, -0.2) is 32.3 Å². The van der Waals surface area contributed by atoms with Gasteiger partial charge in [0.05, 0.1) is 6.26 Å². The van der Waals surface area contributed by atoms with Crippen LogP contribution in [0, 0.1) is 0 Å². The predicted octanol–water partition coefficient (Wildman–Crippen LogP) is 1.71. The van der Waals surface area contributed by atoms with Crippen molar-refractivity contribution in [2.24, 2.45) is 0 Å². The Labute approximate surface area is 91.5 Å². The molecular weight excluding hydrogens is 236 g/mol. The molecule has 0 unspecified atom stereocenters. The normalized spacial score (nSPS) is 13.8. The third kappa shape index (κ3) is 3.73. The summed E-state index contributed by atoms with van der Waals surface area (Å²) in [6.45, 7) is 0. The zero-order valence-electron chi connectivity index (χ0n) is 8.80. The molecule has 0 spiro atoms. The molecule has 0 heterocycles. The van der Waals surface area contributed by atoms with Crippen molar-refractivity contribution < 1.29 is 17.2 Å². The van der Waals surface area contributed by atoms with Crippen LogP contribution < -0.4 is 0 Å². The van der Waals surface area contributed by atoms with E-state index in [1.165, 1.54) is 12.1 Å². The Kier molecular flexibility index (Phi) is 3.32. The minimum atomic E-state index is -3.47. The van der Waals surface area contributed by atoms with Crippen molar-refractivity contribution in [3.8, 4) is 5.75 Å². The van der Waals surface area contributed by atoms with Gasteiger partial charge in [0.15, 0.2) is 0 Å². The molecule has 6 heteroatoms. The average Bonchev–Trinajstić information content (AvgIpc) is 2.00. The second-order valence-corrected chi connectivity index (χ2v) is 8.39. The molecular formula is C9H14O4S2. The maximum Gasteiger partial charge on any atom is 0.273 e. The molecule has 0 aromatic heterocycles. The minimum absolute atomic E-state index is 0.147. The molecule has 0 aliphatic heterocycles. The standard InChI is InChI=1S/C9H14O4S2/c1-14(2,13-15(3,11)12)9-6-4-8(10)5-7-9/h4-7,10H,1-3H3. The first-order chi connectivity index (χ1) is 6.71. The van der Waals surface area contributed by atoms with E-state index in [2.05, 4.69) is 0 Å². The fraction of sp³-hybridized carbons (Fsp3) is 0.333. The smallest absolute Gasteiger partial charge is 0.273 e. The first kappa shape index (κ1) is 12.4. The highest BCUT2D eigenvalue weighted by Gasteiger charge is 2.21. The summed E-state index contributed by atoms with van der Waals surface area (Å²) < 4.78 is 27.1. The number of rotatable bonds is 3. The predicted molar refractivity (Wildman–Crippen MR) is 61.7 cm³/mol. The Hall–Kier alpha value is -0.720. The second-order valence-electron chi connectivity index (χ2n) is 3.50. The summed E-state index contributed by atoms with van der Waals surface area (Å²) in [5.74, 6) is 0.147. The lowest BCUT2D eigenvalue weighted by molar-refractivity contribution is 0.475. The number of benzene rings is 1. The Morgan fingerprint density at radius 3 is 1.93 bits per heavy atom. The van der Waals surface area contributed by atoms with Gasteiger partial charge in [-0.25, -0.2) is 3.63 Å². The molecule has 0 radical (unpaired) electrons. The van der Waals surface area contributed by atoms with Crippen LogP contribution in [0.25, 0.3) is 0 Å². The molecule has 0 bridgehead atoms. The van der Waals surface area contributed by atoms with Crippen LogP contribution >= 0.6 is 10.3 Å². The highest BCUT2D eigenvalue weighted by atomic mass is 32.3. The SMILES string of the molecule is CS(C)(OS(C)(=O)=O)c1ccc(O)cc1. The maximum atomic E-state index is 11.0. The average molecular weight is 250 g/mol. The lowest BCUT2D eigenvalue weighted by atomic mass is 10.3. The first-order valence-electron chi connectivity index (χ1n) is 4.14. The van der Waals surface area contributed by atoms with E-state index < -0.39 is 20.4 Å². The van der Waals surface area contributed by atoms with Gasteiger partial charge in [-0.05, 0) is 36.8 Å². The highest BCUT2D eigenvalue weighted by Crippen LogP contribution is 2.51. The van der Waals surface area contributed by atoms with Crippen LogP contribution in [0.4, 0.5) is 0 Å². The van der Waals surface area contributed by atoms with E-state index in [1.807, 2.05) is 0 Å². The molecule has 0 atom stereocenters. The molecule has 1 aromatic rings. The van der Waals surface area contributed by atoms with Crippen LogP contribution in [0.1, 0.15) is 0 Å². The third-order valence-electron chi connectivity index (χ3n) is 1.70. The highest BCUT2D eigenvalue weighted by molar-refractivity contribution is 8.32. The van der Waals surface area contributed by atoms with E-state index >= 15 is 0 Å². The van der Waals surface area contributed by atoms with Crippen molar-refractivity contribution in [2.45, 2.75) is 4.90 Å². The summed E-state index contributed by atoms with van der Waals surface area (Å²) in [5.41, 5.74) is 0. The summed E-state index contributed by atoms with van der Waals surface area (Å²) in [7, 11) is -5.30. The largest absolute Gasteiger partial charge is 0.508 e. The fourth-order valence-corrected chi connectivity index (χ4v) is 4.70. The van der Waals surface area contributed by atoms with Crippen LogP contribution in [0.3, 0.4) is 0 Å². The van der Waals surface area contributed by atoms with Crippen molar-refractivity contribution in [1.82, 2.24) is 0 Å². The quantitative estimate of drug-likeness (QED) is 0.887. The maximum absolute atomic E-state index is 11.0. The van der Waals surface area contributed by atoms with Gasteiger partial charge < -0.3 is 5.11 Å². The van der Waals surface area contributed by atoms with E-state index in [0.29, 0.717) is 0 Å². The fourth-order valence-electron chi connectivity index (χ4n) is 1.12. The van der Waals surface area contributed by atoms with E-state index in [1.54, 1.807) is 24.6 Å². The van der Waals surface area contributed by atoms with Crippen molar-refractivity contribution in [2.75, 3.05) is 18.8 Å². The monoisotopic (exact) mass is 250 g/mol. The van der Waals surface area contributed by atoms with Crippen LogP contribution in [0.2, 0.25) is 0 Å². The van der Waals surface area contributed by atoms with Crippen LogP contribution in [0.5, 0.6) is 5.75 Å². The van der Waals surface area contributed by atoms with Gasteiger partial charge in [-0.3, -0.25) is 0 Å². The minimum Gasteiger partial charge on any atom is -0.508 e. The topological polar surface area (TPSA) is 63.6 Å². The number of phenolic OH excluding ortho intramolecular Hbond substituents is 1. The van der Waals surface area contributed by atoms with Gasteiger partial charge in [0.25, 0.3) is 10.1 Å². The number of hydrogen-bond donors (Lipinski definition) is 1.